The molecule has 0 amide bonds. The summed E-state index contributed by atoms with van der Waals surface area (Å²) in [5.74, 6) is 0.492. The van der Waals surface area contributed by atoms with Gasteiger partial charge in [-0.3, -0.25) is 4.98 Å². The van der Waals surface area contributed by atoms with Crippen molar-refractivity contribution in [1.82, 2.24) is 14.5 Å². The van der Waals surface area contributed by atoms with Gasteiger partial charge in [0.05, 0.1) is 0 Å². The number of fused-ring (bicyclic) bond motifs is 2. The van der Waals surface area contributed by atoms with Crippen LogP contribution in [0.5, 0.6) is 0 Å². The Kier molecular flexibility index (Phi) is 2.97. The molecule has 3 aromatic heterocycles. The van der Waals surface area contributed by atoms with Gasteiger partial charge in [-0.25, -0.2) is 4.98 Å². The zero-order valence-corrected chi connectivity index (χ0v) is 13.6. The van der Waals surface area contributed by atoms with Gasteiger partial charge < -0.3 is 8.98 Å². The van der Waals surface area contributed by atoms with Crippen LogP contribution in [0.25, 0.3) is 44.7 Å². The summed E-state index contributed by atoms with van der Waals surface area (Å²) in [7, 11) is 2.06. The molecule has 5 rings (SSSR count). The minimum Gasteiger partial charge on any atom is -0.435 e. The molecule has 119 valence electrons. The maximum atomic E-state index is 5.81. The Labute approximate surface area is 144 Å². The molecule has 0 aliphatic heterocycles. The van der Waals surface area contributed by atoms with Crippen LogP contribution in [0.3, 0.4) is 0 Å². The second-order valence-electron chi connectivity index (χ2n) is 6.03. The molecule has 0 saturated heterocycles. The summed E-state index contributed by atoms with van der Waals surface area (Å²) >= 11 is 0. The fraction of sp³-hybridized carbons (Fsp3) is 0.0476. The van der Waals surface area contributed by atoms with Gasteiger partial charge in [0.15, 0.2) is 5.58 Å². The van der Waals surface area contributed by atoms with Gasteiger partial charge in [-0.1, -0.05) is 18.2 Å². The fourth-order valence-electron chi connectivity index (χ4n) is 3.11. The third-order valence-corrected chi connectivity index (χ3v) is 4.41. The summed E-state index contributed by atoms with van der Waals surface area (Å²) in [6, 6.07) is 21.3. The number of benzene rings is 2. The molecule has 4 heteroatoms. The van der Waals surface area contributed by atoms with Gasteiger partial charge in [0.1, 0.15) is 11.2 Å². The van der Waals surface area contributed by atoms with Gasteiger partial charge in [-0.2, -0.15) is 0 Å². The summed E-state index contributed by atoms with van der Waals surface area (Å²) in [6.45, 7) is 0. The van der Waals surface area contributed by atoms with E-state index in [9.17, 15) is 0 Å². The third-order valence-electron chi connectivity index (χ3n) is 4.41. The van der Waals surface area contributed by atoms with E-state index in [1.165, 1.54) is 10.9 Å². The molecule has 25 heavy (non-hydrogen) atoms. The van der Waals surface area contributed by atoms with Crippen LogP contribution in [-0.2, 0) is 7.05 Å². The third kappa shape index (κ3) is 2.31. The highest BCUT2D eigenvalue weighted by molar-refractivity contribution is 5.88. The zero-order valence-electron chi connectivity index (χ0n) is 13.6. The van der Waals surface area contributed by atoms with Gasteiger partial charge in [0.2, 0.25) is 5.89 Å². The van der Waals surface area contributed by atoms with Gasteiger partial charge in [0, 0.05) is 36.4 Å². The summed E-state index contributed by atoms with van der Waals surface area (Å²) in [5.41, 5.74) is 5.68. The van der Waals surface area contributed by atoms with Crippen molar-refractivity contribution in [1.29, 1.82) is 0 Å². The molecule has 0 bridgehead atoms. The van der Waals surface area contributed by atoms with E-state index in [-0.39, 0.29) is 0 Å². The molecule has 1 radical (unpaired) electrons. The van der Waals surface area contributed by atoms with Crippen molar-refractivity contribution >= 4 is 22.0 Å². The summed E-state index contributed by atoms with van der Waals surface area (Å²) in [6.07, 6.45) is 3.78. The van der Waals surface area contributed by atoms with Crippen molar-refractivity contribution in [2.24, 2.45) is 7.05 Å². The quantitative estimate of drug-likeness (QED) is 0.466. The lowest BCUT2D eigenvalue weighted by Crippen LogP contribution is -1.84. The van der Waals surface area contributed by atoms with E-state index in [0.29, 0.717) is 11.6 Å². The van der Waals surface area contributed by atoms with Gasteiger partial charge in [0.25, 0.3) is 0 Å². The van der Waals surface area contributed by atoms with Crippen molar-refractivity contribution in [3.05, 3.63) is 73.1 Å². The first-order chi connectivity index (χ1) is 12.3. The predicted molar refractivity (Wildman–Crippen MR) is 98.0 cm³/mol. The maximum absolute atomic E-state index is 5.81. The Bertz CT molecular complexity index is 1200. The minimum atomic E-state index is 0.492. The first-order valence-electron chi connectivity index (χ1n) is 8.07. The Hall–Kier alpha value is -3.40. The smallest absolute Gasteiger partial charge is 0.246 e. The largest absolute Gasteiger partial charge is 0.435 e. The highest BCUT2D eigenvalue weighted by Crippen LogP contribution is 2.29. The topological polar surface area (TPSA) is 43.9 Å². The van der Waals surface area contributed by atoms with Crippen LogP contribution >= 0.6 is 0 Å². The molecule has 2 aromatic carbocycles. The van der Waals surface area contributed by atoms with E-state index in [1.54, 1.807) is 12.3 Å². The molecule has 5 aromatic rings. The van der Waals surface area contributed by atoms with Crippen LogP contribution in [0.1, 0.15) is 0 Å². The summed E-state index contributed by atoms with van der Waals surface area (Å²) in [4.78, 5) is 8.82. The van der Waals surface area contributed by atoms with E-state index in [2.05, 4.69) is 70.2 Å². The van der Waals surface area contributed by atoms with Crippen LogP contribution in [-0.4, -0.2) is 14.5 Å². The predicted octanol–water partition coefficient (Wildman–Crippen LogP) is 4.85. The molecule has 0 atom stereocenters. The minimum absolute atomic E-state index is 0.492. The molecule has 4 nitrogen and oxygen atoms in total. The van der Waals surface area contributed by atoms with Gasteiger partial charge >= 0.3 is 0 Å². The van der Waals surface area contributed by atoms with Crippen molar-refractivity contribution in [2.45, 2.75) is 0 Å². The molecule has 0 fully saturated rings. The number of nitrogens with zero attached hydrogens (tertiary/aromatic N) is 3. The number of pyridine rings is 1. The molecule has 0 N–H and O–H groups in total. The van der Waals surface area contributed by atoms with Crippen LogP contribution in [0.4, 0.5) is 0 Å². The van der Waals surface area contributed by atoms with Gasteiger partial charge in [-0.05, 0) is 47.5 Å². The van der Waals surface area contributed by atoms with Crippen molar-refractivity contribution in [2.75, 3.05) is 0 Å². The summed E-state index contributed by atoms with van der Waals surface area (Å²) in [5, 5.41) is 1.23. The average Bonchev–Trinajstić information content (AvgIpc) is 3.25. The summed E-state index contributed by atoms with van der Waals surface area (Å²) < 4.78 is 7.93. The van der Waals surface area contributed by atoms with Crippen molar-refractivity contribution in [3.8, 4) is 22.7 Å². The second kappa shape index (κ2) is 5.31. The van der Waals surface area contributed by atoms with Crippen molar-refractivity contribution < 1.29 is 4.42 Å². The second-order valence-corrected chi connectivity index (χ2v) is 6.03. The van der Waals surface area contributed by atoms with Crippen LogP contribution in [0, 0.1) is 6.07 Å². The monoisotopic (exact) mass is 324 g/mol. The number of rotatable bonds is 2. The Morgan fingerprint density at radius 2 is 1.92 bits per heavy atom. The number of hydrogen-bond donors (Lipinski definition) is 0. The highest BCUT2D eigenvalue weighted by Gasteiger charge is 2.11. The van der Waals surface area contributed by atoms with E-state index in [0.717, 1.165) is 22.2 Å². The Morgan fingerprint density at radius 1 is 1.04 bits per heavy atom. The normalized spacial score (nSPS) is 11.4. The molecule has 0 aliphatic carbocycles. The lowest BCUT2D eigenvalue weighted by atomic mass is 10.0. The number of oxazole rings is 1. The first-order valence-corrected chi connectivity index (χ1v) is 8.07. The molecular weight excluding hydrogens is 310 g/mol. The number of aryl methyl sites for hydroxylation is 1. The molecule has 0 aliphatic rings. The van der Waals surface area contributed by atoms with Crippen LogP contribution in [0.2, 0.25) is 0 Å². The number of aromatic nitrogens is 3. The molecular formula is C21H14N3O. The first kappa shape index (κ1) is 14.0. The van der Waals surface area contributed by atoms with E-state index < -0.39 is 0 Å². The molecule has 3 heterocycles. The Morgan fingerprint density at radius 3 is 2.80 bits per heavy atom. The van der Waals surface area contributed by atoms with Gasteiger partial charge in [-0.15, -0.1) is 0 Å². The Balaban J connectivity index is 1.61. The average molecular weight is 324 g/mol. The zero-order chi connectivity index (χ0) is 16.8. The lowest BCUT2D eigenvalue weighted by Gasteiger charge is -2.03. The van der Waals surface area contributed by atoms with E-state index >= 15 is 0 Å². The maximum Gasteiger partial charge on any atom is 0.246 e. The molecule has 0 unspecified atom stereocenters. The van der Waals surface area contributed by atoms with E-state index in [4.69, 9.17) is 4.42 Å². The standard InChI is InChI=1S/C21H14N3O/c1-24-11-9-16-12-14(5-7-19(16)24)15-6-8-20-18(13-15)23-21(25-20)17-4-2-3-10-22-17/h2-3,5-13H,1H3. The van der Waals surface area contributed by atoms with Crippen molar-refractivity contribution in [3.63, 3.8) is 0 Å². The molecule has 0 saturated carbocycles. The highest BCUT2D eigenvalue weighted by atomic mass is 16.3. The van der Waals surface area contributed by atoms with Crippen LogP contribution in [0.15, 0.2) is 71.4 Å². The van der Waals surface area contributed by atoms with E-state index in [1.807, 2.05) is 12.1 Å². The lowest BCUT2D eigenvalue weighted by molar-refractivity contribution is 0.616. The number of hydrogen-bond acceptors (Lipinski definition) is 3. The van der Waals surface area contributed by atoms with Crippen LogP contribution < -0.4 is 0 Å². The molecule has 0 spiro atoms. The fourth-order valence-corrected chi connectivity index (χ4v) is 3.11. The SMILES string of the molecule is Cn1ccc2cc(-c3ccc4oc(-c5[c]cccn5)nc4c3)ccc21.